The van der Waals surface area contributed by atoms with Gasteiger partial charge in [-0.25, -0.2) is 0 Å². The van der Waals surface area contributed by atoms with Crippen molar-refractivity contribution in [1.82, 2.24) is 0 Å². The maximum absolute atomic E-state index is 11.4. The molecule has 100 valence electrons. The molecule has 1 aromatic carbocycles. The predicted octanol–water partition coefficient (Wildman–Crippen LogP) is 1.69. The van der Waals surface area contributed by atoms with Gasteiger partial charge in [-0.15, -0.1) is 0 Å². The number of aliphatic hydroxyl groups excluding tert-OH is 1. The molecule has 0 saturated heterocycles. The number of rotatable bonds is 6. The third-order valence-corrected chi connectivity index (χ3v) is 2.46. The van der Waals surface area contributed by atoms with E-state index in [0.29, 0.717) is 17.1 Å². The molecule has 0 aromatic heterocycles. The average Bonchev–Trinajstić information content (AvgIpc) is 2.37. The number of benzene rings is 1. The number of aliphatic hydroxyl groups is 1. The van der Waals surface area contributed by atoms with Gasteiger partial charge in [0.2, 0.25) is 0 Å². The first-order chi connectivity index (χ1) is 8.63. The minimum absolute atomic E-state index is 0.134. The number of esters is 1. The summed E-state index contributed by atoms with van der Waals surface area (Å²) < 4.78 is 15.1. The Labute approximate surface area is 106 Å². The van der Waals surface area contributed by atoms with Crippen LogP contribution in [0.5, 0.6) is 11.5 Å². The van der Waals surface area contributed by atoms with Gasteiger partial charge in [0.25, 0.3) is 0 Å². The zero-order valence-corrected chi connectivity index (χ0v) is 10.8. The molecule has 0 bridgehead atoms. The summed E-state index contributed by atoms with van der Waals surface area (Å²) in [4.78, 5) is 11.4. The summed E-state index contributed by atoms with van der Waals surface area (Å²) in [5.41, 5.74) is 0.454. The Bertz CT molecular complexity index is 380. The number of carbonyl (C=O) groups excluding carboxylic acids is 1. The molecule has 0 spiro atoms. The van der Waals surface area contributed by atoms with Crippen molar-refractivity contribution < 1.29 is 24.1 Å². The Morgan fingerprint density at radius 2 is 1.83 bits per heavy atom. The van der Waals surface area contributed by atoms with Crippen LogP contribution in [0.25, 0.3) is 0 Å². The standard InChI is InChI=1S/C13H18O5/c1-4-18-12(15)8-9(14)13-10(16-2)6-5-7-11(13)17-3/h5-7,9,14H,4,8H2,1-3H3. The maximum atomic E-state index is 11.4. The average molecular weight is 254 g/mol. The van der Waals surface area contributed by atoms with E-state index in [1.165, 1.54) is 14.2 Å². The van der Waals surface area contributed by atoms with Crippen LogP contribution in [-0.2, 0) is 9.53 Å². The lowest BCUT2D eigenvalue weighted by atomic mass is 10.0. The van der Waals surface area contributed by atoms with E-state index < -0.39 is 12.1 Å². The van der Waals surface area contributed by atoms with E-state index in [4.69, 9.17) is 14.2 Å². The molecule has 18 heavy (non-hydrogen) atoms. The first-order valence-electron chi connectivity index (χ1n) is 5.68. The SMILES string of the molecule is CCOC(=O)CC(O)c1c(OC)cccc1OC. The van der Waals surface area contributed by atoms with Crippen LogP contribution in [0.1, 0.15) is 25.0 Å². The molecular formula is C13H18O5. The van der Waals surface area contributed by atoms with Crippen LogP contribution in [0.3, 0.4) is 0 Å². The van der Waals surface area contributed by atoms with Crippen LogP contribution in [0, 0.1) is 0 Å². The van der Waals surface area contributed by atoms with Crippen LogP contribution in [0.15, 0.2) is 18.2 Å². The Morgan fingerprint density at radius 3 is 2.28 bits per heavy atom. The monoisotopic (exact) mass is 254 g/mol. The lowest BCUT2D eigenvalue weighted by molar-refractivity contribution is -0.145. The quantitative estimate of drug-likeness (QED) is 0.782. The molecule has 0 heterocycles. The molecule has 0 radical (unpaired) electrons. The largest absolute Gasteiger partial charge is 0.496 e. The third-order valence-electron chi connectivity index (χ3n) is 2.46. The van der Waals surface area contributed by atoms with E-state index >= 15 is 0 Å². The minimum atomic E-state index is -1.02. The number of hydrogen-bond donors (Lipinski definition) is 1. The molecular weight excluding hydrogens is 236 g/mol. The van der Waals surface area contributed by atoms with E-state index in [9.17, 15) is 9.90 Å². The fraction of sp³-hybridized carbons (Fsp3) is 0.462. The van der Waals surface area contributed by atoms with Gasteiger partial charge in [0.15, 0.2) is 0 Å². The fourth-order valence-electron chi connectivity index (χ4n) is 1.69. The molecule has 1 rings (SSSR count). The second-order valence-electron chi connectivity index (χ2n) is 3.60. The highest BCUT2D eigenvalue weighted by Gasteiger charge is 2.21. The zero-order chi connectivity index (χ0) is 13.5. The van der Waals surface area contributed by atoms with Gasteiger partial charge in [-0.1, -0.05) is 6.07 Å². The van der Waals surface area contributed by atoms with Crippen LogP contribution in [-0.4, -0.2) is 31.9 Å². The Kier molecular flexibility index (Phi) is 5.45. The molecule has 0 aliphatic rings. The Morgan fingerprint density at radius 1 is 1.28 bits per heavy atom. The molecule has 1 aromatic rings. The molecule has 5 heteroatoms. The van der Waals surface area contributed by atoms with E-state index in [0.717, 1.165) is 0 Å². The molecule has 1 unspecified atom stereocenters. The predicted molar refractivity (Wildman–Crippen MR) is 65.8 cm³/mol. The third kappa shape index (κ3) is 3.37. The van der Waals surface area contributed by atoms with Crippen molar-refractivity contribution in [2.45, 2.75) is 19.4 Å². The van der Waals surface area contributed by atoms with Crippen molar-refractivity contribution >= 4 is 5.97 Å². The molecule has 0 aliphatic carbocycles. The number of hydrogen-bond acceptors (Lipinski definition) is 5. The summed E-state index contributed by atoms with van der Waals surface area (Å²) in [5.74, 6) is 0.496. The molecule has 5 nitrogen and oxygen atoms in total. The van der Waals surface area contributed by atoms with Crippen molar-refractivity contribution in [3.8, 4) is 11.5 Å². The van der Waals surface area contributed by atoms with Crippen molar-refractivity contribution in [3.63, 3.8) is 0 Å². The van der Waals surface area contributed by atoms with Gasteiger partial charge >= 0.3 is 5.97 Å². The van der Waals surface area contributed by atoms with Crippen LogP contribution < -0.4 is 9.47 Å². The van der Waals surface area contributed by atoms with Gasteiger partial charge in [0, 0.05) is 0 Å². The Balaban J connectivity index is 2.95. The van der Waals surface area contributed by atoms with E-state index in [2.05, 4.69) is 0 Å². The van der Waals surface area contributed by atoms with Crippen molar-refractivity contribution in [1.29, 1.82) is 0 Å². The highest BCUT2D eigenvalue weighted by molar-refractivity contribution is 5.70. The number of carbonyl (C=O) groups is 1. The maximum Gasteiger partial charge on any atom is 0.308 e. The van der Waals surface area contributed by atoms with Crippen LogP contribution in [0.4, 0.5) is 0 Å². The summed E-state index contributed by atoms with van der Waals surface area (Å²) >= 11 is 0. The normalized spacial score (nSPS) is 11.8. The minimum Gasteiger partial charge on any atom is -0.496 e. The van der Waals surface area contributed by atoms with Gasteiger partial charge in [0.1, 0.15) is 11.5 Å². The van der Waals surface area contributed by atoms with Gasteiger partial charge in [-0.05, 0) is 19.1 Å². The summed E-state index contributed by atoms with van der Waals surface area (Å²) in [7, 11) is 2.99. The summed E-state index contributed by atoms with van der Waals surface area (Å²) in [6, 6.07) is 5.15. The fourth-order valence-corrected chi connectivity index (χ4v) is 1.69. The van der Waals surface area contributed by atoms with Crippen molar-refractivity contribution in [3.05, 3.63) is 23.8 Å². The van der Waals surface area contributed by atoms with Gasteiger partial charge in [-0.3, -0.25) is 4.79 Å². The van der Waals surface area contributed by atoms with E-state index in [1.54, 1.807) is 25.1 Å². The Hall–Kier alpha value is -1.75. The van der Waals surface area contributed by atoms with Gasteiger partial charge in [-0.2, -0.15) is 0 Å². The highest BCUT2D eigenvalue weighted by Crippen LogP contribution is 2.35. The zero-order valence-electron chi connectivity index (χ0n) is 10.8. The lowest BCUT2D eigenvalue weighted by Crippen LogP contribution is -2.11. The first kappa shape index (κ1) is 14.3. The summed E-state index contributed by atoms with van der Waals surface area (Å²) in [6.07, 6.45) is -1.15. The molecule has 1 N–H and O–H groups in total. The second kappa shape index (κ2) is 6.86. The summed E-state index contributed by atoms with van der Waals surface area (Å²) in [6.45, 7) is 2.00. The second-order valence-corrected chi connectivity index (χ2v) is 3.60. The van der Waals surface area contributed by atoms with Crippen molar-refractivity contribution in [2.24, 2.45) is 0 Å². The molecule has 0 saturated carbocycles. The van der Waals surface area contributed by atoms with E-state index in [-0.39, 0.29) is 13.0 Å². The van der Waals surface area contributed by atoms with Gasteiger partial charge in [0.05, 0.1) is 38.9 Å². The molecule has 0 amide bonds. The first-order valence-corrected chi connectivity index (χ1v) is 5.68. The van der Waals surface area contributed by atoms with Crippen molar-refractivity contribution in [2.75, 3.05) is 20.8 Å². The molecule has 1 atom stereocenters. The smallest absolute Gasteiger partial charge is 0.308 e. The number of ether oxygens (including phenoxy) is 3. The van der Waals surface area contributed by atoms with E-state index in [1.807, 2.05) is 0 Å². The summed E-state index contributed by atoms with van der Waals surface area (Å²) in [5, 5.41) is 10.1. The van der Waals surface area contributed by atoms with Gasteiger partial charge < -0.3 is 19.3 Å². The topological polar surface area (TPSA) is 65.0 Å². The number of methoxy groups -OCH3 is 2. The lowest BCUT2D eigenvalue weighted by Gasteiger charge is -2.17. The van der Waals surface area contributed by atoms with Crippen LogP contribution in [0.2, 0.25) is 0 Å². The molecule has 0 fully saturated rings. The highest BCUT2D eigenvalue weighted by atomic mass is 16.5. The molecule has 0 aliphatic heterocycles. The van der Waals surface area contributed by atoms with Crippen LogP contribution >= 0.6 is 0 Å².